The van der Waals surface area contributed by atoms with Gasteiger partial charge >= 0.3 is 7.60 Å². The van der Waals surface area contributed by atoms with Crippen molar-refractivity contribution in [2.45, 2.75) is 6.92 Å². The van der Waals surface area contributed by atoms with E-state index in [1.54, 1.807) is 14.0 Å². The Morgan fingerprint density at radius 2 is 2.27 bits per heavy atom. The molecule has 0 aromatic heterocycles. The molecule has 0 amide bonds. The van der Waals surface area contributed by atoms with Crippen LogP contribution in [0.5, 0.6) is 0 Å². The van der Waals surface area contributed by atoms with Crippen LogP contribution in [0.3, 0.4) is 0 Å². The normalized spacial score (nSPS) is 16.3. The van der Waals surface area contributed by atoms with Crippen molar-refractivity contribution in [3.8, 4) is 0 Å². The third-order valence-electron chi connectivity index (χ3n) is 1.12. The molecule has 68 valence electrons. The molecule has 0 saturated carbocycles. The summed E-state index contributed by atoms with van der Waals surface area (Å²) in [4.78, 5) is 0. The molecule has 0 bridgehead atoms. The number of hydrogen-bond acceptors (Lipinski definition) is 5. The minimum atomic E-state index is -3.00. The van der Waals surface area contributed by atoms with Gasteiger partial charge in [0.1, 0.15) is 0 Å². The molecule has 0 radical (unpaired) electrons. The summed E-state index contributed by atoms with van der Waals surface area (Å²) in [5.41, 5.74) is 0. The zero-order valence-electron chi connectivity index (χ0n) is 6.87. The lowest BCUT2D eigenvalue weighted by molar-refractivity contribution is 0.216. The van der Waals surface area contributed by atoms with Crippen molar-refractivity contribution in [2.75, 3.05) is 26.4 Å². The lowest BCUT2D eigenvalue weighted by Gasteiger charge is -2.13. The zero-order chi connectivity index (χ0) is 8.74. The molecule has 1 atom stereocenters. The van der Waals surface area contributed by atoms with Gasteiger partial charge < -0.3 is 9.84 Å². The topological polar surface area (TPSA) is 73.6 Å². The summed E-state index contributed by atoms with van der Waals surface area (Å²) >= 11 is 0. The van der Waals surface area contributed by atoms with E-state index in [1.807, 2.05) is 0 Å². The van der Waals surface area contributed by atoms with Crippen LogP contribution in [0.25, 0.3) is 0 Å². The zero-order valence-corrected chi connectivity index (χ0v) is 7.77. The molecule has 0 rings (SSSR count). The summed E-state index contributed by atoms with van der Waals surface area (Å²) in [5, 5.41) is 2.83. The van der Waals surface area contributed by atoms with Crippen molar-refractivity contribution < 1.29 is 13.7 Å². The largest absolute Gasteiger partial charge is 0.347 e. The Hall–Kier alpha value is 0.0700. The van der Waals surface area contributed by atoms with Gasteiger partial charge in [0.15, 0.2) is 0 Å². The minimum Gasteiger partial charge on any atom is -0.319 e. The molecule has 0 aromatic carbocycles. The number of nitrogens with one attached hydrogen (secondary N) is 1. The quantitative estimate of drug-likeness (QED) is 0.457. The van der Waals surface area contributed by atoms with Crippen LogP contribution in [0.2, 0.25) is 0 Å². The number of rotatable bonds is 6. The fraction of sp³-hybridized carbons (Fsp3) is 1.00. The molecular formula is C5H15N2O3P. The Bertz CT molecular complexity index is 142. The Balaban J connectivity index is 3.79. The Morgan fingerprint density at radius 3 is 2.64 bits per heavy atom. The van der Waals surface area contributed by atoms with Crippen LogP contribution >= 0.6 is 7.60 Å². The predicted octanol–water partition coefficient (Wildman–Crippen LogP) is 0.326. The summed E-state index contributed by atoms with van der Waals surface area (Å²) in [6.45, 7) is 2.65. The second-order valence-corrected chi connectivity index (χ2v) is 4.10. The second kappa shape index (κ2) is 5.69. The van der Waals surface area contributed by atoms with Crippen LogP contribution in [0.4, 0.5) is 0 Å². The van der Waals surface area contributed by atoms with Gasteiger partial charge in [0.25, 0.3) is 0 Å². The highest BCUT2D eigenvalue weighted by Gasteiger charge is 2.21. The van der Waals surface area contributed by atoms with Gasteiger partial charge in [-0.1, -0.05) is 0 Å². The molecule has 11 heavy (non-hydrogen) atoms. The van der Waals surface area contributed by atoms with Gasteiger partial charge in [0, 0.05) is 6.54 Å². The average Bonchev–Trinajstić information content (AvgIpc) is 2.02. The summed E-state index contributed by atoms with van der Waals surface area (Å²) in [6, 6.07) is 0. The van der Waals surface area contributed by atoms with E-state index >= 15 is 0 Å². The fourth-order valence-corrected chi connectivity index (χ4v) is 1.78. The van der Waals surface area contributed by atoms with E-state index < -0.39 is 7.60 Å². The van der Waals surface area contributed by atoms with Gasteiger partial charge in [-0.2, -0.15) is 0 Å². The number of hydrogen-bond donors (Lipinski definition) is 2. The number of nitrogens with two attached hydrogens (primary N) is 1. The first kappa shape index (κ1) is 11.1. The maximum atomic E-state index is 11.3. The van der Waals surface area contributed by atoms with Gasteiger partial charge in [-0.3, -0.25) is 4.57 Å². The second-order valence-electron chi connectivity index (χ2n) is 1.96. The van der Waals surface area contributed by atoms with E-state index in [4.69, 9.17) is 10.4 Å². The van der Waals surface area contributed by atoms with Crippen LogP contribution in [-0.4, -0.2) is 26.4 Å². The summed E-state index contributed by atoms with van der Waals surface area (Å²) in [7, 11) is -1.24. The van der Waals surface area contributed by atoms with Crippen molar-refractivity contribution >= 4 is 7.60 Å². The lowest BCUT2D eigenvalue weighted by atomic mass is 10.8. The molecule has 5 nitrogen and oxygen atoms in total. The van der Waals surface area contributed by atoms with E-state index in [0.29, 0.717) is 19.3 Å². The molecule has 0 aliphatic heterocycles. The van der Waals surface area contributed by atoms with E-state index in [1.165, 1.54) is 0 Å². The van der Waals surface area contributed by atoms with Crippen LogP contribution < -0.4 is 11.2 Å². The van der Waals surface area contributed by atoms with E-state index in [9.17, 15) is 4.57 Å². The highest BCUT2D eigenvalue weighted by molar-refractivity contribution is 7.53. The Labute approximate surface area is 66.7 Å². The van der Waals surface area contributed by atoms with Crippen molar-refractivity contribution in [2.24, 2.45) is 5.90 Å². The Morgan fingerprint density at radius 1 is 1.64 bits per heavy atom. The van der Waals surface area contributed by atoms with Crippen molar-refractivity contribution in [3.63, 3.8) is 0 Å². The first-order chi connectivity index (χ1) is 5.18. The van der Waals surface area contributed by atoms with Crippen LogP contribution in [0.1, 0.15) is 6.92 Å². The van der Waals surface area contributed by atoms with Gasteiger partial charge in [-0.15, -0.1) is 0 Å². The average molecular weight is 182 g/mol. The van der Waals surface area contributed by atoms with Crippen molar-refractivity contribution in [1.82, 2.24) is 5.32 Å². The standard InChI is InChI=1S/C5H15N2O3P/c1-3-9-11(8,10-6)5-4-7-2/h7H,3-6H2,1-2H3. The predicted molar refractivity (Wildman–Crippen MR) is 43.3 cm³/mol. The van der Waals surface area contributed by atoms with E-state index in [2.05, 4.69) is 9.94 Å². The molecule has 6 heteroatoms. The molecule has 0 aliphatic rings. The van der Waals surface area contributed by atoms with Gasteiger partial charge in [0.05, 0.1) is 12.8 Å². The third-order valence-corrected chi connectivity index (χ3v) is 2.87. The summed E-state index contributed by atoms with van der Waals surface area (Å²) < 4.78 is 20.5. The highest BCUT2D eigenvalue weighted by Crippen LogP contribution is 2.45. The molecule has 1 unspecified atom stereocenters. The van der Waals surface area contributed by atoms with Crippen LogP contribution in [-0.2, 0) is 13.7 Å². The molecular weight excluding hydrogens is 167 g/mol. The minimum absolute atomic E-state index is 0.299. The molecule has 0 aliphatic carbocycles. The maximum absolute atomic E-state index is 11.3. The van der Waals surface area contributed by atoms with Crippen molar-refractivity contribution in [3.05, 3.63) is 0 Å². The van der Waals surface area contributed by atoms with Gasteiger partial charge in [0.2, 0.25) is 0 Å². The molecule has 0 fully saturated rings. The van der Waals surface area contributed by atoms with Gasteiger partial charge in [-0.05, 0) is 14.0 Å². The van der Waals surface area contributed by atoms with Crippen molar-refractivity contribution in [1.29, 1.82) is 0 Å². The monoisotopic (exact) mass is 182 g/mol. The summed E-state index contributed by atoms with van der Waals surface area (Å²) in [5.74, 6) is 4.82. The SMILES string of the molecule is CCOP(=O)(CCNC)ON. The smallest absolute Gasteiger partial charge is 0.319 e. The first-order valence-corrected chi connectivity index (χ1v) is 5.18. The molecule has 0 saturated heterocycles. The maximum Gasteiger partial charge on any atom is 0.347 e. The molecule has 0 aromatic rings. The Kier molecular flexibility index (Phi) is 5.72. The highest BCUT2D eigenvalue weighted by atomic mass is 31.2. The van der Waals surface area contributed by atoms with Crippen LogP contribution in [0, 0.1) is 0 Å². The first-order valence-electron chi connectivity index (χ1n) is 3.45. The van der Waals surface area contributed by atoms with Crippen LogP contribution in [0.15, 0.2) is 0 Å². The van der Waals surface area contributed by atoms with E-state index in [-0.39, 0.29) is 0 Å². The van der Waals surface area contributed by atoms with E-state index in [0.717, 1.165) is 0 Å². The summed E-state index contributed by atoms with van der Waals surface area (Å²) in [6.07, 6.45) is 0.299. The molecule has 0 heterocycles. The molecule has 0 spiro atoms. The third kappa shape index (κ3) is 4.50. The van der Waals surface area contributed by atoms with Gasteiger partial charge in [-0.25, -0.2) is 10.5 Å². The molecule has 3 N–H and O–H groups in total. The fourth-order valence-electron chi connectivity index (χ4n) is 0.593. The lowest BCUT2D eigenvalue weighted by Crippen LogP contribution is -2.15.